The number of fused-ring (bicyclic) bond motifs is 1. The summed E-state index contributed by atoms with van der Waals surface area (Å²) in [5.74, 6) is -0.154. The van der Waals surface area contributed by atoms with E-state index in [1.165, 1.54) is 6.07 Å². The lowest BCUT2D eigenvalue weighted by Gasteiger charge is -2.27. The number of para-hydroxylation sites is 1. The quantitative estimate of drug-likeness (QED) is 0.880. The molecule has 2 heterocycles. The van der Waals surface area contributed by atoms with E-state index in [-0.39, 0.29) is 30.5 Å². The molecule has 2 aliphatic rings. The third-order valence-electron chi connectivity index (χ3n) is 4.40. The Morgan fingerprint density at radius 2 is 2.27 bits per heavy atom. The van der Waals surface area contributed by atoms with Gasteiger partial charge in [0.25, 0.3) is 0 Å². The van der Waals surface area contributed by atoms with E-state index in [4.69, 9.17) is 4.74 Å². The molecule has 3 rings (SSSR count). The van der Waals surface area contributed by atoms with Gasteiger partial charge in [-0.3, -0.25) is 0 Å². The van der Waals surface area contributed by atoms with Gasteiger partial charge in [0.15, 0.2) is 11.6 Å². The van der Waals surface area contributed by atoms with Crippen LogP contribution in [0.3, 0.4) is 0 Å². The van der Waals surface area contributed by atoms with Crippen molar-refractivity contribution in [3.05, 3.63) is 29.6 Å². The number of rotatable bonds is 2. The molecule has 120 valence electrons. The van der Waals surface area contributed by atoms with E-state index in [0.29, 0.717) is 25.1 Å². The van der Waals surface area contributed by atoms with Crippen LogP contribution in [-0.4, -0.2) is 41.8 Å². The van der Waals surface area contributed by atoms with Crippen molar-refractivity contribution in [1.29, 1.82) is 0 Å². The van der Waals surface area contributed by atoms with Gasteiger partial charge in [-0.05, 0) is 31.7 Å². The van der Waals surface area contributed by atoms with Crippen LogP contribution >= 0.6 is 0 Å². The van der Waals surface area contributed by atoms with Gasteiger partial charge in [0.2, 0.25) is 0 Å². The molecule has 1 saturated heterocycles. The molecule has 0 saturated carbocycles. The highest BCUT2D eigenvalue weighted by molar-refractivity contribution is 5.75. The van der Waals surface area contributed by atoms with Crippen molar-refractivity contribution < 1.29 is 19.0 Å². The average molecular weight is 308 g/mol. The van der Waals surface area contributed by atoms with E-state index in [1.807, 2.05) is 0 Å². The number of aliphatic hydroxyl groups is 1. The van der Waals surface area contributed by atoms with E-state index in [2.05, 4.69) is 5.32 Å². The van der Waals surface area contributed by atoms with Crippen molar-refractivity contribution in [2.75, 3.05) is 19.8 Å². The molecule has 2 N–H and O–H groups in total. The first kappa shape index (κ1) is 15.1. The van der Waals surface area contributed by atoms with Crippen LogP contribution in [0.25, 0.3) is 0 Å². The lowest BCUT2D eigenvalue weighted by Crippen LogP contribution is -2.45. The summed E-state index contributed by atoms with van der Waals surface area (Å²) in [5, 5.41) is 12.3. The van der Waals surface area contributed by atoms with Gasteiger partial charge in [0.05, 0.1) is 25.3 Å². The molecule has 1 aromatic carbocycles. The molecule has 6 heteroatoms. The van der Waals surface area contributed by atoms with Crippen LogP contribution in [0.15, 0.2) is 18.2 Å². The number of aliphatic hydroxyl groups excluding tert-OH is 1. The SMILES string of the molecule is O=C(N[C@@H]1CCCOc2c(F)cccc21)N1CCC[C@H]1CO. The summed E-state index contributed by atoms with van der Waals surface area (Å²) in [6.07, 6.45) is 3.18. The number of carbonyl (C=O) groups excluding carboxylic acids is 1. The van der Waals surface area contributed by atoms with E-state index in [0.717, 1.165) is 19.3 Å². The maximum Gasteiger partial charge on any atom is 0.318 e. The molecule has 0 unspecified atom stereocenters. The Hall–Kier alpha value is -1.82. The molecule has 2 aliphatic heterocycles. The molecule has 0 radical (unpaired) electrons. The normalized spacial score (nSPS) is 24.4. The number of halogens is 1. The fourth-order valence-corrected chi connectivity index (χ4v) is 3.24. The number of likely N-dealkylation sites (tertiary alicyclic amines) is 1. The predicted molar refractivity (Wildman–Crippen MR) is 79.2 cm³/mol. The van der Waals surface area contributed by atoms with Crippen LogP contribution in [0.4, 0.5) is 9.18 Å². The second kappa shape index (κ2) is 6.52. The summed E-state index contributed by atoms with van der Waals surface area (Å²) in [7, 11) is 0. The van der Waals surface area contributed by atoms with Gasteiger partial charge in [-0.25, -0.2) is 9.18 Å². The number of hydrogen-bond acceptors (Lipinski definition) is 3. The van der Waals surface area contributed by atoms with Crippen LogP contribution < -0.4 is 10.1 Å². The maximum absolute atomic E-state index is 13.9. The standard InChI is InChI=1S/C16H21FN2O3/c17-13-6-1-5-12-14(7-3-9-22-15(12)13)18-16(21)19-8-2-4-11(19)10-20/h1,5-6,11,14,20H,2-4,7-10H2,(H,18,21)/t11-,14+/m0/s1. The van der Waals surface area contributed by atoms with Crippen molar-refractivity contribution in [2.45, 2.75) is 37.8 Å². The van der Waals surface area contributed by atoms with Gasteiger partial charge in [-0.15, -0.1) is 0 Å². The zero-order valence-corrected chi connectivity index (χ0v) is 12.4. The lowest BCUT2D eigenvalue weighted by molar-refractivity contribution is 0.154. The molecule has 0 bridgehead atoms. The number of carbonyl (C=O) groups is 1. The molecule has 2 atom stereocenters. The van der Waals surface area contributed by atoms with E-state index in [9.17, 15) is 14.3 Å². The summed E-state index contributed by atoms with van der Waals surface area (Å²) in [6.45, 7) is 1.08. The van der Waals surface area contributed by atoms with Crippen LogP contribution in [0.2, 0.25) is 0 Å². The molecular weight excluding hydrogens is 287 g/mol. The maximum atomic E-state index is 13.9. The van der Waals surface area contributed by atoms with Crippen LogP contribution in [-0.2, 0) is 0 Å². The van der Waals surface area contributed by atoms with Gasteiger partial charge in [-0.1, -0.05) is 12.1 Å². The summed E-state index contributed by atoms with van der Waals surface area (Å²) >= 11 is 0. The fraction of sp³-hybridized carbons (Fsp3) is 0.562. The van der Waals surface area contributed by atoms with Crippen LogP contribution in [0.1, 0.15) is 37.3 Å². The van der Waals surface area contributed by atoms with Gasteiger partial charge in [0, 0.05) is 12.1 Å². The minimum atomic E-state index is -0.395. The Kier molecular flexibility index (Phi) is 4.47. The lowest BCUT2D eigenvalue weighted by atomic mass is 10.0. The number of nitrogens with zero attached hydrogens (tertiary/aromatic N) is 1. The highest BCUT2D eigenvalue weighted by Gasteiger charge is 2.31. The smallest absolute Gasteiger partial charge is 0.318 e. The Morgan fingerprint density at radius 1 is 1.41 bits per heavy atom. The number of ether oxygens (including phenoxy) is 1. The van der Waals surface area contributed by atoms with Crippen molar-refractivity contribution in [3.63, 3.8) is 0 Å². The summed E-state index contributed by atoms with van der Waals surface area (Å²) in [6, 6.07) is 4.22. The molecule has 2 amide bonds. The minimum Gasteiger partial charge on any atom is -0.490 e. The zero-order chi connectivity index (χ0) is 15.5. The van der Waals surface area contributed by atoms with Gasteiger partial charge >= 0.3 is 6.03 Å². The van der Waals surface area contributed by atoms with Crippen molar-refractivity contribution in [2.24, 2.45) is 0 Å². The molecule has 5 nitrogen and oxygen atoms in total. The molecule has 1 fully saturated rings. The van der Waals surface area contributed by atoms with Crippen molar-refractivity contribution in [3.8, 4) is 5.75 Å². The molecular formula is C16H21FN2O3. The summed E-state index contributed by atoms with van der Waals surface area (Å²) in [5.41, 5.74) is 0.686. The highest BCUT2D eigenvalue weighted by Crippen LogP contribution is 2.33. The van der Waals surface area contributed by atoms with Crippen molar-refractivity contribution >= 4 is 6.03 Å². The Morgan fingerprint density at radius 3 is 3.09 bits per heavy atom. The number of nitrogens with one attached hydrogen (secondary N) is 1. The predicted octanol–water partition coefficient (Wildman–Crippen LogP) is 2.21. The third-order valence-corrected chi connectivity index (χ3v) is 4.40. The van der Waals surface area contributed by atoms with Crippen LogP contribution in [0.5, 0.6) is 5.75 Å². The Balaban J connectivity index is 1.78. The first-order chi connectivity index (χ1) is 10.7. The van der Waals surface area contributed by atoms with Gasteiger partial charge < -0.3 is 20.1 Å². The Bertz CT molecular complexity index is 552. The molecule has 0 aromatic heterocycles. The van der Waals surface area contributed by atoms with E-state index in [1.54, 1.807) is 17.0 Å². The van der Waals surface area contributed by atoms with E-state index >= 15 is 0 Å². The number of hydrogen-bond donors (Lipinski definition) is 2. The highest BCUT2D eigenvalue weighted by atomic mass is 19.1. The topological polar surface area (TPSA) is 61.8 Å². The van der Waals surface area contributed by atoms with Gasteiger partial charge in [-0.2, -0.15) is 0 Å². The molecule has 0 spiro atoms. The number of urea groups is 1. The molecule has 1 aromatic rings. The van der Waals surface area contributed by atoms with E-state index < -0.39 is 5.82 Å². The Labute approximate surface area is 129 Å². The first-order valence-corrected chi connectivity index (χ1v) is 7.80. The van der Waals surface area contributed by atoms with Crippen LogP contribution in [0, 0.1) is 5.82 Å². The summed E-state index contributed by atoms with van der Waals surface area (Å²) in [4.78, 5) is 14.1. The second-order valence-corrected chi connectivity index (χ2v) is 5.82. The largest absolute Gasteiger partial charge is 0.490 e. The average Bonchev–Trinajstić information content (AvgIpc) is 2.91. The second-order valence-electron chi connectivity index (χ2n) is 5.82. The molecule has 22 heavy (non-hydrogen) atoms. The van der Waals surface area contributed by atoms with Gasteiger partial charge in [0.1, 0.15) is 0 Å². The zero-order valence-electron chi connectivity index (χ0n) is 12.4. The number of amides is 2. The number of benzene rings is 1. The fourth-order valence-electron chi connectivity index (χ4n) is 3.24. The van der Waals surface area contributed by atoms with Crippen molar-refractivity contribution in [1.82, 2.24) is 10.2 Å². The minimum absolute atomic E-state index is 0.0214. The molecule has 0 aliphatic carbocycles. The monoisotopic (exact) mass is 308 g/mol. The first-order valence-electron chi connectivity index (χ1n) is 7.80. The summed E-state index contributed by atoms with van der Waals surface area (Å²) < 4.78 is 19.4. The third kappa shape index (κ3) is 2.88.